The standard InChI is InChI=1S/C18H18N6O/c1-23-12-13(10-21-23)15-11-20-18-17(19-8-5-9-24(15)18)22-14-6-3-4-7-16(14)25-2/h3-7,9-12H,8H2,1-2H3,(H,19,22). The van der Waals surface area contributed by atoms with Gasteiger partial charge in [-0.25, -0.2) is 4.98 Å². The van der Waals surface area contributed by atoms with Crippen LogP contribution in [0.25, 0.3) is 17.5 Å². The van der Waals surface area contributed by atoms with Crippen LogP contribution in [0.5, 0.6) is 5.75 Å². The summed E-state index contributed by atoms with van der Waals surface area (Å²) in [6.07, 6.45) is 9.62. The van der Waals surface area contributed by atoms with Gasteiger partial charge in [0.2, 0.25) is 0 Å². The van der Waals surface area contributed by atoms with Gasteiger partial charge in [0.1, 0.15) is 5.75 Å². The largest absolute Gasteiger partial charge is 0.495 e. The van der Waals surface area contributed by atoms with Crippen molar-refractivity contribution in [3.63, 3.8) is 0 Å². The molecule has 0 saturated heterocycles. The lowest BCUT2D eigenvalue weighted by atomic mass is 10.2. The molecule has 0 fully saturated rings. The number of nitrogens with zero attached hydrogens (tertiary/aromatic N) is 5. The highest BCUT2D eigenvalue weighted by atomic mass is 16.5. The Balaban J connectivity index is 1.74. The molecule has 1 aliphatic heterocycles. The van der Waals surface area contributed by atoms with Gasteiger partial charge >= 0.3 is 0 Å². The number of para-hydroxylation sites is 2. The lowest BCUT2D eigenvalue weighted by Gasteiger charge is -2.12. The quantitative estimate of drug-likeness (QED) is 0.799. The topological polar surface area (TPSA) is 69.3 Å². The van der Waals surface area contributed by atoms with Crippen LogP contribution in [0.2, 0.25) is 0 Å². The van der Waals surface area contributed by atoms with Crippen molar-refractivity contribution in [2.24, 2.45) is 12.0 Å². The Labute approximate surface area is 145 Å². The van der Waals surface area contributed by atoms with E-state index in [0.717, 1.165) is 28.5 Å². The Hall–Kier alpha value is -3.35. The van der Waals surface area contributed by atoms with Crippen LogP contribution in [-0.2, 0) is 7.05 Å². The van der Waals surface area contributed by atoms with Crippen LogP contribution in [0.3, 0.4) is 0 Å². The van der Waals surface area contributed by atoms with Crippen molar-refractivity contribution in [2.75, 3.05) is 19.0 Å². The number of benzene rings is 1. The molecule has 0 radical (unpaired) electrons. The predicted octanol–water partition coefficient (Wildman–Crippen LogP) is 2.64. The van der Waals surface area contributed by atoms with E-state index in [1.807, 2.05) is 66.7 Å². The van der Waals surface area contributed by atoms with E-state index >= 15 is 0 Å². The SMILES string of the molecule is COc1ccccc1NC1=NCC=Cn2c(-c3cnn(C)c3)cnc21. The first-order valence-electron chi connectivity index (χ1n) is 7.94. The Morgan fingerprint density at radius 1 is 1.20 bits per heavy atom. The molecular formula is C18H18N6O. The van der Waals surface area contributed by atoms with Gasteiger partial charge in [0, 0.05) is 25.0 Å². The number of hydrogen-bond acceptors (Lipinski definition) is 5. The average molecular weight is 334 g/mol. The zero-order chi connectivity index (χ0) is 17.2. The number of hydrogen-bond donors (Lipinski definition) is 1. The van der Waals surface area contributed by atoms with Crippen molar-refractivity contribution in [3.05, 3.63) is 54.8 Å². The Morgan fingerprint density at radius 3 is 2.88 bits per heavy atom. The number of aromatic nitrogens is 4. The Kier molecular flexibility index (Phi) is 3.81. The van der Waals surface area contributed by atoms with Crippen LogP contribution in [0.4, 0.5) is 5.69 Å². The zero-order valence-electron chi connectivity index (χ0n) is 14.0. The first kappa shape index (κ1) is 15.2. The number of nitrogens with one attached hydrogen (secondary N) is 1. The van der Waals surface area contributed by atoms with E-state index < -0.39 is 0 Å². The number of fused-ring (bicyclic) bond motifs is 1. The minimum absolute atomic E-state index is 0.577. The number of aryl methyl sites for hydroxylation is 1. The van der Waals surface area contributed by atoms with E-state index in [0.29, 0.717) is 12.4 Å². The number of amidine groups is 1. The van der Waals surface area contributed by atoms with Crippen LogP contribution < -0.4 is 10.1 Å². The van der Waals surface area contributed by atoms with Crippen molar-refractivity contribution in [3.8, 4) is 17.0 Å². The van der Waals surface area contributed by atoms with Crippen molar-refractivity contribution in [1.29, 1.82) is 0 Å². The second-order valence-electron chi connectivity index (χ2n) is 5.64. The van der Waals surface area contributed by atoms with Gasteiger partial charge < -0.3 is 10.1 Å². The van der Waals surface area contributed by atoms with E-state index in [2.05, 4.69) is 20.4 Å². The van der Waals surface area contributed by atoms with E-state index in [1.54, 1.807) is 11.8 Å². The molecule has 0 spiro atoms. The molecule has 25 heavy (non-hydrogen) atoms. The molecule has 3 heterocycles. The molecule has 4 rings (SSSR count). The summed E-state index contributed by atoms with van der Waals surface area (Å²) in [5.74, 6) is 2.20. The summed E-state index contributed by atoms with van der Waals surface area (Å²) in [6.45, 7) is 0.577. The fourth-order valence-electron chi connectivity index (χ4n) is 2.79. The van der Waals surface area contributed by atoms with Crippen molar-refractivity contribution in [1.82, 2.24) is 19.3 Å². The molecular weight excluding hydrogens is 316 g/mol. The van der Waals surface area contributed by atoms with Crippen LogP contribution in [0.15, 0.2) is 53.9 Å². The fourth-order valence-corrected chi connectivity index (χ4v) is 2.79. The van der Waals surface area contributed by atoms with Gasteiger partial charge in [0.25, 0.3) is 0 Å². The minimum atomic E-state index is 0.577. The van der Waals surface area contributed by atoms with Gasteiger partial charge in [-0.2, -0.15) is 5.10 Å². The third-order valence-electron chi connectivity index (χ3n) is 3.98. The van der Waals surface area contributed by atoms with Gasteiger partial charge in [-0.3, -0.25) is 14.2 Å². The molecule has 3 aromatic rings. The van der Waals surface area contributed by atoms with Gasteiger partial charge in [-0.05, 0) is 18.2 Å². The smallest absolute Gasteiger partial charge is 0.180 e. The molecule has 0 aliphatic carbocycles. The number of imidazole rings is 1. The molecule has 7 nitrogen and oxygen atoms in total. The number of methoxy groups -OCH3 is 1. The maximum Gasteiger partial charge on any atom is 0.180 e. The first-order chi connectivity index (χ1) is 12.3. The lowest BCUT2D eigenvalue weighted by molar-refractivity contribution is 0.417. The number of anilines is 1. The first-order valence-corrected chi connectivity index (χ1v) is 7.94. The highest BCUT2D eigenvalue weighted by Crippen LogP contribution is 2.26. The maximum absolute atomic E-state index is 5.41. The third-order valence-corrected chi connectivity index (χ3v) is 3.98. The minimum Gasteiger partial charge on any atom is -0.495 e. The molecule has 1 N–H and O–H groups in total. The highest BCUT2D eigenvalue weighted by molar-refractivity contribution is 6.07. The number of aliphatic imine (C=N–C) groups is 1. The highest BCUT2D eigenvalue weighted by Gasteiger charge is 2.18. The Bertz CT molecular complexity index is 966. The van der Waals surface area contributed by atoms with Crippen molar-refractivity contribution in [2.45, 2.75) is 0 Å². The average Bonchev–Trinajstić information content (AvgIpc) is 3.19. The number of ether oxygens (including phenoxy) is 1. The summed E-state index contributed by atoms with van der Waals surface area (Å²) in [6, 6.07) is 7.75. The summed E-state index contributed by atoms with van der Waals surface area (Å²) in [5, 5.41) is 7.59. The Morgan fingerprint density at radius 2 is 2.08 bits per heavy atom. The van der Waals surface area contributed by atoms with Gasteiger partial charge in [0.05, 0.1) is 37.4 Å². The van der Waals surface area contributed by atoms with E-state index in [4.69, 9.17) is 4.74 Å². The number of rotatable bonds is 3. The zero-order valence-corrected chi connectivity index (χ0v) is 14.0. The van der Waals surface area contributed by atoms with E-state index in [1.165, 1.54) is 0 Å². The van der Waals surface area contributed by atoms with E-state index in [-0.39, 0.29) is 0 Å². The van der Waals surface area contributed by atoms with Crippen LogP contribution >= 0.6 is 0 Å². The molecule has 0 amide bonds. The van der Waals surface area contributed by atoms with Gasteiger partial charge in [-0.1, -0.05) is 12.1 Å². The van der Waals surface area contributed by atoms with Crippen molar-refractivity contribution >= 4 is 17.7 Å². The molecule has 2 aromatic heterocycles. The maximum atomic E-state index is 5.41. The summed E-state index contributed by atoms with van der Waals surface area (Å²) < 4.78 is 9.21. The molecule has 0 unspecified atom stereocenters. The summed E-state index contributed by atoms with van der Waals surface area (Å²) in [4.78, 5) is 9.18. The molecule has 0 bridgehead atoms. The fraction of sp³-hybridized carbons (Fsp3) is 0.167. The normalized spacial score (nSPS) is 13.1. The predicted molar refractivity (Wildman–Crippen MR) is 97.8 cm³/mol. The lowest BCUT2D eigenvalue weighted by Crippen LogP contribution is -2.18. The van der Waals surface area contributed by atoms with Crippen molar-refractivity contribution < 1.29 is 4.74 Å². The van der Waals surface area contributed by atoms with Crippen LogP contribution in [-0.4, -0.2) is 38.8 Å². The van der Waals surface area contributed by atoms with Gasteiger partial charge in [0.15, 0.2) is 11.7 Å². The molecule has 0 saturated carbocycles. The monoisotopic (exact) mass is 334 g/mol. The molecule has 126 valence electrons. The second kappa shape index (κ2) is 6.27. The third kappa shape index (κ3) is 2.80. The van der Waals surface area contributed by atoms with Crippen LogP contribution in [0, 0.1) is 0 Å². The second-order valence-corrected chi connectivity index (χ2v) is 5.64. The molecule has 1 aliphatic rings. The van der Waals surface area contributed by atoms with Gasteiger partial charge in [-0.15, -0.1) is 0 Å². The summed E-state index contributed by atoms with van der Waals surface area (Å²) >= 11 is 0. The summed E-state index contributed by atoms with van der Waals surface area (Å²) in [5.41, 5.74) is 2.82. The van der Waals surface area contributed by atoms with Crippen LogP contribution in [0.1, 0.15) is 5.82 Å². The summed E-state index contributed by atoms with van der Waals surface area (Å²) in [7, 11) is 3.55. The molecule has 0 atom stereocenters. The molecule has 7 heteroatoms. The molecule has 1 aromatic carbocycles. The van der Waals surface area contributed by atoms with E-state index in [9.17, 15) is 0 Å².